The molecule has 2 aliphatic heterocycles. The molecular weight excluding hydrogens is 414 g/mol. The molecule has 31 heavy (non-hydrogen) atoms. The molecule has 7 nitrogen and oxygen atoms in total. The SMILES string of the molecule is CCC(=O)N1CCN(C(=O)C2CCN(S(=O)(=O)c3ccc4c(c3)CCCC4)CC2)CC1. The van der Waals surface area contributed by atoms with Crippen molar-refractivity contribution >= 4 is 21.8 Å². The number of nitrogens with zero attached hydrogens (tertiary/aromatic N) is 3. The Morgan fingerprint density at radius 3 is 2.16 bits per heavy atom. The van der Waals surface area contributed by atoms with Gasteiger partial charge in [0.15, 0.2) is 0 Å². The van der Waals surface area contributed by atoms with Gasteiger partial charge in [-0.15, -0.1) is 0 Å². The van der Waals surface area contributed by atoms with Crippen LogP contribution in [0.1, 0.15) is 50.2 Å². The van der Waals surface area contributed by atoms with Crippen molar-refractivity contribution < 1.29 is 18.0 Å². The quantitative estimate of drug-likeness (QED) is 0.708. The minimum atomic E-state index is -3.52. The maximum Gasteiger partial charge on any atom is 0.243 e. The van der Waals surface area contributed by atoms with E-state index < -0.39 is 10.0 Å². The Kier molecular flexibility index (Phi) is 6.67. The molecule has 0 unspecified atom stereocenters. The number of piperidine rings is 1. The maximum absolute atomic E-state index is 13.2. The zero-order chi connectivity index (χ0) is 22.0. The lowest BCUT2D eigenvalue weighted by Crippen LogP contribution is -2.53. The first-order valence-electron chi connectivity index (χ1n) is 11.6. The summed E-state index contributed by atoms with van der Waals surface area (Å²) in [5.41, 5.74) is 2.44. The molecule has 2 heterocycles. The Labute approximate surface area is 185 Å². The molecule has 0 bridgehead atoms. The summed E-state index contributed by atoms with van der Waals surface area (Å²) in [5.74, 6) is 0.102. The summed E-state index contributed by atoms with van der Waals surface area (Å²) in [6, 6.07) is 5.58. The van der Waals surface area contributed by atoms with E-state index in [0.717, 1.165) is 24.8 Å². The highest BCUT2D eigenvalue weighted by Crippen LogP contribution is 2.29. The van der Waals surface area contributed by atoms with Crippen LogP contribution in [0.3, 0.4) is 0 Å². The second-order valence-corrected chi connectivity index (χ2v) is 10.8. The largest absolute Gasteiger partial charge is 0.339 e. The summed E-state index contributed by atoms with van der Waals surface area (Å²) in [4.78, 5) is 28.8. The molecule has 170 valence electrons. The van der Waals surface area contributed by atoms with Gasteiger partial charge in [-0.3, -0.25) is 9.59 Å². The molecule has 8 heteroatoms. The lowest BCUT2D eigenvalue weighted by atomic mass is 9.92. The number of benzene rings is 1. The van der Waals surface area contributed by atoms with Crippen molar-refractivity contribution in [3.8, 4) is 0 Å². The fourth-order valence-electron chi connectivity index (χ4n) is 5.02. The Morgan fingerprint density at radius 1 is 0.903 bits per heavy atom. The third kappa shape index (κ3) is 4.65. The van der Waals surface area contributed by atoms with Gasteiger partial charge in [0, 0.05) is 51.6 Å². The van der Waals surface area contributed by atoms with Crippen LogP contribution in [0.2, 0.25) is 0 Å². The molecule has 1 aromatic carbocycles. The van der Waals surface area contributed by atoms with Crippen LogP contribution in [0.15, 0.2) is 23.1 Å². The fraction of sp³-hybridized carbons (Fsp3) is 0.652. The number of rotatable bonds is 4. The number of carbonyl (C=O) groups is 2. The second-order valence-electron chi connectivity index (χ2n) is 8.88. The molecule has 0 saturated carbocycles. The normalized spacial score (nSPS) is 21.1. The molecule has 0 spiro atoms. The zero-order valence-electron chi connectivity index (χ0n) is 18.4. The van der Waals surface area contributed by atoms with Gasteiger partial charge in [0.2, 0.25) is 21.8 Å². The summed E-state index contributed by atoms with van der Waals surface area (Å²) in [6.45, 7) is 4.92. The van der Waals surface area contributed by atoms with E-state index in [1.165, 1.54) is 12.0 Å². The Balaban J connectivity index is 1.34. The first-order chi connectivity index (χ1) is 14.9. The van der Waals surface area contributed by atoms with Crippen LogP contribution < -0.4 is 0 Å². The van der Waals surface area contributed by atoms with Gasteiger partial charge < -0.3 is 9.80 Å². The Hall–Kier alpha value is -1.93. The second kappa shape index (κ2) is 9.28. The average Bonchev–Trinajstić information content (AvgIpc) is 2.83. The first-order valence-corrected chi connectivity index (χ1v) is 13.0. The Bertz CT molecular complexity index is 930. The smallest absolute Gasteiger partial charge is 0.243 e. The highest BCUT2D eigenvalue weighted by molar-refractivity contribution is 7.89. The molecule has 0 N–H and O–H groups in total. The highest BCUT2D eigenvalue weighted by atomic mass is 32.2. The maximum atomic E-state index is 13.2. The standard InChI is InChI=1S/C23H33N3O4S/c1-2-22(27)24-13-15-25(16-14-24)23(28)19-9-11-26(12-10-19)31(29,30)21-8-7-18-5-3-4-6-20(18)17-21/h7-8,17,19H,2-6,9-16H2,1H3. The summed E-state index contributed by atoms with van der Waals surface area (Å²) in [7, 11) is -3.52. The molecule has 0 radical (unpaired) electrons. The number of sulfonamides is 1. The molecule has 0 atom stereocenters. The molecule has 2 saturated heterocycles. The van der Waals surface area contributed by atoms with Gasteiger partial charge in [0.05, 0.1) is 4.90 Å². The van der Waals surface area contributed by atoms with Gasteiger partial charge in [0.25, 0.3) is 0 Å². The number of aryl methyl sites for hydroxylation is 2. The van der Waals surface area contributed by atoms with Crippen LogP contribution in [0.25, 0.3) is 0 Å². The molecule has 4 rings (SSSR count). The van der Waals surface area contributed by atoms with E-state index in [-0.39, 0.29) is 17.7 Å². The number of carbonyl (C=O) groups excluding carboxylic acids is 2. The van der Waals surface area contributed by atoms with Gasteiger partial charge in [0.1, 0.15) is 0 Å². The lowest BCUT2D eigenvalue weighted by Gasteiger charge is -2.38. The van der Waals surface area contributed by atoms with E-state index in [2.05, 4.69) is 0 Å². The van der Waals surface area contributed by atoms with Crippen molar-refractivity contribution in [2.45, 2.75) is 56.8 Å². The average molecular weight is 448 g/mol. The molecule has 1 aromatic rings. The van der Waals surface area contributed by atoms with Crippen molar-refractivity contribution in [3.05, 3.63) is 29.3 Å². The lowest BCUT2D eigenvalue weighted by molar-refractivity contribution is -0.142. The van der Waals surface area contributed by atoms with Crippen LogP contribution in [-0.4, -0.2) is 73.6 Å². The fourth-order valence-corrected chi connectivity index (χ4v) is 6.54. The summed E-state index contributed by atoms with van der Waals surface area (Å²) >= 11 is 0. The van der Waals surface area contributed by atoms with E-state index in [1.807, 2.05) is 28.9 Å². The Morgan fingerprint density at radius 2 is 1.52 bits per heavy atom. The predicted molar refractivity (Wildman–Crippen MR) is 118 cm³/mol. The van der Waals surface area contributed by atoms with Crippen molar-refractivity contribution in [1.29, 1.82) is 0 Å². The monoisotopic (exact) mass is 447 g/mol. The highest BCUT2D eigenvalue weighted by Gasteiger charge is 2.35. The van der Waals surface area contributed by atoms with Crippen molar-refractivity contribution in [1.82, 2.24) is 14.1 Å². The van der Waals surface area contributed by atoms with Gasteiger partial charge in [-0.05, 0) is 61.8 Å². The van der Waals surface area contributed by atoms with Crippen LogP contribution in [0.4, 0.5) is 0 Å². The van der Waals surface area contributed by atoms with Gasteiger partial charge in [-0.1, -0.05) is 13.0 Å². The van der Waals surface area contributed by atoms with Crippen LogP contribution in [0.5, 0.6) is 0 Å². The van der Waals surface area contributed by atoms with E-state index in [4.69, 9.17) is 0 Å². The molecule has 3 aliphatic rings. The van der Waals surface area contributed by atoms with E-state index in [1.54, 1.807) is 10.4 Å². The third-order valence-electron chi connectivity index (χ3n) is 7.01. The number of hydrogen-bond donors (Lipinski definition) is 0. The summed E-state index contributed by atoms with van der Waals surface area (Å²) in [6.07, 6.45) is 5.87. The van der Waals surface area contributed by atoms with Gasteiger partial charge in [-0.25, -0.2) is 8.42 Å². The van der Waals surface area contributed by atoms with Crippen LogP contribution in [0, 0.1) is 5.92 Å². The van der Waals surface area contributed by atoms with E-state index in [9.17, 15) is 18.0 Å². The third-order valence-corrected chi connectivity index (χ3v) is 8.90. The predicted octanol–water partition coefficient (Wildman–Crippen LogP) is 2.05. The topological polar surface area (TPSA) is 78.0 Å². The molecule has 0 aromatic heterocycles. The van der Waals surface area contributed by atoms with Crippen molar-refractivity contribution in [2.75, 3.05) is 39.3 Å². The first kappa shape index (κ1) is 22.3. The number of fused-ring (bicyclic) bond motifs is 1. The van der Waals surface area contributed by atoms with Gasteiger partial charge in [-0.2, -0.15) is 4.31 Å². The summed E-state index contributed by atoms with van der Waals surface area (Å²) in [5, 5.41) is 0. The minimum Gasteiger partial charge on any atom is -0.339 e. The van der Waals surface area contributed by atoms with E-state index in [0.29, 0.717) is 63.4 Å². The molecule has 2 amide bonds. The van der Waals surface area contributed by atoms with E-state index >= 15 is 0 Å². The molecule has 1 aliphatic carbocycles. The molecular formula is C23H33N3O4S. The van der Waals surface area contributed by atoms with Gasteiger partial charge >= 0.3 is 0 Å². The summed E-state index contributed by atoms with van der Waals surface area (Å²) < 4.78 is 27.9. The van der Waals surface area contributed by atoms with Crippen LogP contribution >= 0.6 is 0 Å². The number of hydrogen-bond acceptors (Lipinski definition) is 4. The van der Waals surface area contributed by atoms with Crippen molar-refractivity contribution in [2.24, 2.45) is 5.92 Å². The van der Waals surface area contributed by atoms with Crippen molar-refractivity contribution in [3.63, 3.8) is 0 Å². The molecule has 2 fully saturated rings. The minimum absolute atomic E-state index is 0.106. The van der Waals surface area contributed by atoms with Crippen LogP contribution in [-0.2, 0) is 32.5 Å². The zero-order valence-corrected chi connectivity index (χ0v) is 19.2. The number of amides is 2. The number of piperazine rings is 1.